The van der Waals surface area contributed by atoms with Crippen LogP contribution in [0, 0.1) is 0 Å². The third-order valence-electron chi connectivity index (χ3n) is 3.23. The van der Waals surface area contributed by atoms with Gasteiger partial charge in [-0.3, -0.25) is 0 Å². The first-order valence-electron chi connectivity index (χ1n) is 6.32. The van der Waals surface area contributed by atoms with E-state index in [4.69, 9.17) is 0 Å². The minimum atomic E-state index is -0.287. The lowest BCUT2D eigenvalue weighted by atomic mass is 10.3. The van der Waals surface area contributed by atoms with Crippen molar-refractivity contribution in [3.8, 4) is 0 Å². The van der Waals surface area contributed by atoms with Crippen LogP contribution in [0.3, 0.4) is 0 Å². The van der Waals surface area contributed by atoms with Gasteiger partial charge >= 0.3 is 12.1 Å². The van der Waals surface area contributed by atoms with Gasteiger partial charge in [-0.2, -0.15) is 14.9 Å². The molecule has 5 nitrogen and oxygen atoms in total. The molecule has 0 radical (unpaired) electrons. The highest BCUT2D eigenvalue weighted by Gasteiger charge is 2.48. The van der Waals surface area contributed by atoms with Crippen LogP contribution in [0.2, 0.25) is 0 Å². The van der Waals surface area contributed by atoms with Crippen molar-refractivity contribution in [2.24, 2.45) is 0 Å². The lowest BCUT2D eigenvalue weighted by Gasteiger charge is -2.22. The topological polar surface area (TPSA) is 45.1 Å². The van der Waals surface area contributed by atoms with Crippen LogP contribution >= 0.6 is 0 Å². The molecule has 2 aromatic rings. The molecule has 0 unspecified atom stereocenters. The molecule has 4 amide bonds. The molecule has 1 N–H and O–H groups in total. The molecule has 0 atom stereocenters. The Balaban J connectivity index is 2.10. The minimum Gasteiger partial charge on any atom is -0.204 e. The molecule has 1 saturated heterocycles. The van der Waals surface area contributed by atoms with Gasteiger partial charge in [0, 0.05) is 0 Å². The third-order valence-corrected chi connectivity index (χ3v) is 3.23. The van der Waals surface area contributed by atoms with Crippen molar-refractivity contribution in [3.05, 3.63) is 60.7 Å². The van der Waals surface area contributed by atoms with Gasteiger partial charge in [-0.1, -0.05) is 36.4 Å². The van der Waals surface area contributed by atoms with Gasteiger partial charge in [0.15, 0.2) is 0 Å². The van der Waals surface area contributed by atoms with Crippen molar-refractivity contribution in [1.29, 1.82) is 0 Å². The Kier molecular flexibility index (Phi) is 2.96. The zero-order chi connectivity index (χ0) is 14.1. The van der Waals surface area contributed by atoms with Crippen LogP contribution in [0.1, 0.15) is 0 Å². The Bertz CT molecular complexity index is 585. The number of nitrogens with one attached hydrogen (secondary N) is 1. The van der Waals surface area contributed by atoms with E-state index >= 15 is 0 Å². The molecule has 2 aromatic carbocycles. The van der Waals surface area contributed by atoms with E-state index in [1.807, 2.05) is 36.4 Å². The van der Waals surface area contributed by atoms with Crippen molar-refractivity contribution in [1.82, 2.24) is 0 Å². The third kappa shape index (κ3) is 1.85. The first-order valence-corrected chi connectivity index (χ1v) is 6.32. The first-order chi connectivity index (χ1) is 9.70. The van der Waals surface area contributed by atoms with Gasteiger partial charge < -0.3 is 0 Å². The van der Waals surface area contributed by atoms with Gasteiger partial charge in [-0.25, -0.2) is 9.59 Å². The van der Waals surface area contributed by atoms with Gasteiger partial charge in [0.05, 0.1) is 18.4 Å². The van der Waals surface area contributed by atoms with Crippen LogP contribution < -0.4 is 14.9 Å². The highest BCUT2D eigenvalue weighted by atomic mass is 16.2. The molecule has 3 rings (SSSR count). The summed E-state index contributed by atoms with van der Waals surface area (Å²) < 4.78 is 0. The highest BCUT2D eigenvalue weighted by molar-refractivity contribution is 6.08. The van der Waals surface area contributed by atoms with Crippen LogP contribution in [0.4, 0.5) is 21.0 Å². The summed E-state index contributed by atoms with van der Waals surface area (Å²) in [4.78, 5) is 24.9. The zero-order valence-electron chi connectivity index (χ0n) is 11.0. The standard InChI is InChI=1S/C15H13N3O2/c1-16-14(19)17(12-8-4-2-5-9-12)18(15(16)20)13-10-6-3-7-11-13/h2-11H,1H3/p+1. The maximum Gasteiger partial charge on any atom is 0.450 e. The molecule has 0 bridgehead atoms. The predicted octanol–water partition coefficient (Wildman–Crippen LogP) is 1.68. The Morgan fingerprint density at radius 1 is 0.700 bits per heavy atom. The monoisotopic (exact) mass is 268 g/mol. The molecule has 0 spiro atoms. The quantitative estimate of drug-likeness (QED) is 0.900. The average Bonchev–Trinajstić information content (AvgIpc) is 2.73. The number of quaternary nitrogens is 1. The maximum absolute atomic E-state index is 12.3. The van der Waals surface area contributed by atoms with Gasteiger partial charge in [0.25, 0.3) is 0 Å². The number of nitrogens with zero attached hydrogens (tertiary/aromatic N) is 2. The predicted molar refractivity (Wildman–Crippen MR) is 75.5 cm³/mol. The Hall–Kier alpha value is -2.66. The fourth-order valence-electron chi connectivity index (χ4n) is 2.19. The molecule has 0 aromatic heterocycles. The maximum atomic E-state index is 12.3. The number of carbonyl (C=O) groups is 2. The molecule has 1 heterocycles. The number of para-hydroxylation sites is 2. The molecule has 1 aliphatic heterocycles. The van der Waals surface area contributed by atoms with Crippen LogP contribution in [-0.2, 0) is 0 Å². The molecule has 0 aliphatic carbocycles. The van der Waals surface area contributed by atoms with Crippen LogP contribution in [-0.4, -0.2) is 19.1 Å². The largest absolute Gasteiger partial charge is 0.450 e. The summed E-state index contributed by atoms with van der Waals surface area (Å²) in [6.45, 7) is 0. The molecule has 1 fully saturated rings. The van der Waals surface area contributed by atoms with E-state index in [1.165, 1.54) is 10.0 Å². The molecule has 0 saturated carbocycles. The van der Waals surface area contributed by atoms with E-state index < -0.39 is 0 Å². The number of amides is 4. The first kappa shape index (κ1) is 12.4. The second-order valence-electron chi connectivity index (χ2n) is 4.53. The number of urea groups is 2. The number of hydrogen-bond acceptors (Lipinski definition) is 2. The smallest absolute Gasteiger partial charge is 0.204 e. The highest BCUT2D eigenvalue weighted by Crippen LogP contribution is 2.24. The number of rotatable bonds is 2. The van der Waals surface area contributed by atoms with Crippen LogP contribution in [0.15, 0.2) is 60.7 Å². The van der Waals surface area contributed by atoms with E-state index in [1.54, 1.807) is 31.3 Å². The summed E-state index contributed by atoms with van der Waals surface area (Å²) in [6, 6.07) is 17.7. The molecule has 100 valence electrons. The van der Waals surface area contributed by atoms with E-state index in [0.717, 1.165) is 0 Å². The number of anilines is 2. The second kappa shape index (κ2) is 4.79. The summed E-state index contributed by atoms with van der Waals surface area (Å²) in [6.07, 6.45) is 0. The van der Waals surface area contributed by atoms with Gasteiger partial charge in [-0.15, -0.1) is 0 Å². The Labute approximate surface area is 116 Å². The van der Waals surface area contributed by atoms with E-state index in [0.29, 0.717) is 11.4 Å². The lowest BCUT2D eigenvalue weighted by Crippen LogP contribution is -3.12. The van der Waals surface area contributed by atoms with Crippen molar-refractivity contribution >= 4 is 23.4 Å². The summed E-state index contributed by atoms with van der Waals surface area (Å²) in [7, 11) is 1.56. The number of hydrogen-bond donors (Lipinski definition) is 1. The zero-order valence-corrected chi connectivity index (χ0v) is 11.0. The van der Waals surface area contributed by atoms with E-state index in [9.17, 15) is 9.59 Å². The van der Waals surface area contributed by atoms with Gasteiger partial charge in [-0.05, 0) is 24.3 Å². The summed E-state index contributed by atoms with van der Waals surface area (Å²) in [5.41, 5.74) is 1.35. The average molecular weight is 268 g/mol. The Morgan fingerprint density at radius 3 is 1.40 bits per heavy atom. The normalized spacial score (nSPS) is 16.1. The molecular weight excluding hydrogens is 254 g/mol. The number of hydrazine groups is 1. The number of carbonyl (C=O) groups excluding carboxylic acids is 2. The SMILES string of the molecule is C[NH+]1C(=O)N(c2ccccc2)N(c2ccccc2)C1=O. The molecule has 1 aliphatic rings. The number of benzene rings is 2. The van der Waals surface area contributed by atoms with Gasteiger partial charge in [0.2, 0.25) is 0 Å². The van der Waals surface area contributed by atoms with Crippen molar-refractivity contribution < 1.29 is 14.5 Å². The molecule has 5 heteroatoms. The summed E-state index contributed by atoms with van der Waals surface area (Å²) in [5.74, 6) is 0. The van der Waals surface area contributed by atoms with Gasteiger partial charge in [0.1, 0.15) is 0 Å². The van der Waals surface area contributed by atoms with E-state index in [2.05, 4.69) is 0 Å². The fourth-order valence-corrected chi connectivity index (χ4v) is 2.19. The Morgan fingerprint density at radius 2 is 1.05 bits per heavy atom. The van der Waals surface area contributed by atoms with Crippen LogP contribution in [0.5, 0.6) is 0 Å². The van der Waals surface area contributed by atoms with E-state index in [-0.39, 0.29) is 17.0 Å². The second-order valence-corrected chi connectivity index (χ2v) is 4.53. The van der Waals surface area contributed by atoms with Crippen LogP contribution in [0.25, 0.3) is 0 Å². The number of imide groups is 1. The van der Waals surface area contributed by atoms with Crippen molar-refractivity contribution in [2.75, 3.05) is 17.1 Å². The fraction of sp³-hybridized carbons (Fsp3) is 0.0667. The summed E-state index contributed by atoms with van der Waals surface area (Å²) in [5, 5.41) is 2.82. The lowest BCUT2D eigenvalue weighted by molar-refractivity contribution is -0.690. The molecule has 20 heavy (non-hydrogen) atoms. The molecular formula is C15H14N3O2+. The minimum absolute atomic E-state index is 0.220. The van der Waals surface area contributed by atoms with Crippen molar-refractivity contribution in [3.63, 3.8) is 0 Å². The van der Waals surface area contributed by atoms with Crippen molar-refractivity contribution in [2.45, 2.75) is 0 Å². The summed E-state index contributed by atoms with van der Waals surface area (Å²) >= 11 is 0.